The van der Waals surface area contributed by atoms with Crippen LogP contribution in [0.15, 0.2) is 70.9 Å². The fourth-order valence-corrected chi connectivity index (χ4v) is 4.58. The first kappa shape index (κ1) is 24.4. The third kappa shape index (κ3) is 6.88. The van der Waals surface area contributed by atoms with Gasteiger partial charge in [0.05, 0.1) is 11.5 Å². The van der Waals surface area contributed by atoms with Gasteiger partial charge in [0.25, 0.3) is 5.91 Å². The van der Waals surface area contributed by atoms with E-state index in [0.29, 0.717) is 30.3 Å². The SMILES string of the molecule is COCCN(Cc1ccc(OS(=O)(=O)c2ccc(NC(C)=O)cc2)cc1)C(=O)c1cccs1. The van der Waals surface area contributed by atoms with Gasteiger partial charge in [0.15, 0.2) is 0 Å². The highest BCUT2D eigenvalue weighted by Gasteiger charge is 2.19. The summed E-state index contributed by atoms with van der Waals surface area (Å²) in [7, 11) is -2.46. The highest BCUT2D eigenvalue weighted by Crippen LogP contribution is 2.22. The molecule has 33 heavy (non-hydrogen) atoms. The van der Waals surface area contributed by atoms with Gasteiger partial charge in [0.1, 0.15) is 10.6 Å². The molecule has 1 N–H and O–H groups in total. The molecule has 3 aromatic rings. The fraction of sp³-hybridized carbons (Fsp3) is 0.217. The number of carbonyl (C=O) groups excluding carboxylic acids is 2. The Morgan fingerprint density at radius 3 is 2.30 bits per heavy atom. The van der Waals surface area contributed by atoms with Gasteiger partial charge >= 0.3 is 10.1 Å². The molecule has 1 aromatic heterocycles. The van der Waals surface area contributed by atoms with Crippen molar-refractivity contribution in [3.05, 3.63) is 76.5 Å². The highest BCUT2D eigenvalue weighted by molar-refractivity contribution is 7.87. The van der Waals surface area contributed by atoms with E-state index in [4.69, 9.17) is 8.92 Å². The lowest BCUT2D eigenvalue weighted by atomic mass is 10.2. The van der Waals surface area contributed by atoms with Gasteiger partial charge in [-0.3, -0.25) is 9.59 Å². The fourth-order valence-electron chi connectivity index (χ4n) is 2.96. The third-order valence-electron chi connectivity index (χ3n) is 4.55. The van der Waals surface area contributed by atoms with Gasteiger partial charge in [0.2, 0.25) is 5.91 Å². The van der Waals surface area contributed by atoms with Gasteiger partial charge in [-0.2, -0.15) is 8.42 Å². The van der Waals surface area contributed by atoms with Crippen molar-refractivity contribution in [1.29, 1.82) is 0 Å². The summed E-state index contributed by atoms with van der Waals surface area (Å²) in [5, 5.41) is 4.42. The zero-order valence-electron chi connectivity index (χ0n) is 18.2. The molecule has 10 heteroatoms. The Kier molecular flexibility index (Phi) is 8.21. The van der Waals surface area contributed by atoms with Gasteiger partial charge in [-0.05, 0) is 53.4 Å². The molecule has 0 aliphatic carbocycles. The molecule has 0 unspecified atom stereocenters. The minimum Gasteiger partial charge on any atom is -0.383 e. The molecule has 2 aromatic carbocycles. The van der Waals surface area contributed by atoms with Gasteiger partial charge in [0, 0.05) is 32.8 Å². The van der Waals surface area contributed by atoms with Crippen LogP contribution in [0.4, 0.5) is 5.69 Å². The minimum absolute atomic E-state index is 0.0343. The molecule has 174 valence electrons. The molecular weight excluding hydrogens is 464 g/mol. The lowest BCUT2D eigenvalue weighted by Gasteiger charge is -2.22. The molecule has 0 spiro atoms. The van der Waals surface area contributed by atoms with Crippen molar-refractivity contribution in [2.45, 2.75) is 18.4 Å². The zero-order chi connectivity index (χ0) is 23.8. The molecular formula is C23H24N2O6S2. The Hall–Kier alpha value is -3.21. The van der Waals surface area contributed by atoms with Crippen molar-refractivity contribution in [3.63, 3.8) is 0 Å². The molecule has 0 aliphatic rings. The van der Waals surface area contributed by atoms with Gasteiger partial charge in [-0.25, -0.2) is 0 Å². The minimum atomic E-state index is -4.04. The monoisotopic (exact) mass is 488 g/mol. The van der Waals surface area contributed by atoms with Crippen LogP contribution in [0.5, 0.6) is 5.75 Å². The average molecular weight is 489 g/mol. The van der Waals surface area contributed by atoms with Gasteiger partial charge < -0.3 is 19.1 Å². The van der Waals surface area contributed by atoms with Crippen molar-refractivity contribution in [1.82, 2.24) is 4.90 Å². The lowest BCUT2D eigenvalue weighted by molar-refractivity contribution is -0.114. The van der Waals surface area contributed by atoms with E-state index in [9.17, 15) is 18.0 Å². The molecule has 0 saturated carbocycles. The van der Waals surface area contributed by atoms with Crippen LogP contribution in [-0.2, 0) is 26.2 Å². The predicted molar refractivity (Wildman–Crippen MR) is 126 cm³/mol. The van der Waals surface area contributed by atoms with E-state index < -0.39 is 10.1 Å². The number of nitrogens with zero attached hydrogens (tertiary/aromatic N) is 1. The molecule has 0 atom stereocenters. The molecule has 3 rings (SSSR count). The summed E-state index contributed by atoms with van der Waals surface area (Å²) in [4.78, 5) is 26.1. The normalized spacial score (nSPS) is 11.1. The van der Waals surface area contributed by atoms with Crippen molar-refractivity contribution >= 4 is 39.0 Å². The first-order valence-corrected chi connectivity index (χ1v) is 12.3. The van der Waals surface area contributed by atoms with Crippen LogP contribution in [0.2, 0.25) is 0 Å². The number of thiophene rings is 1. The second-order valence-electron chi connectivity index (χ2n) is 7.08. The Balaban J connectivity index is 1.68. The number of anilines is 1. The number of ether oxygens (including phenoxy) is 1. The Morgan fingerprint density at radius 2 is 1.73 bits per heavy atom. The average Bonchev–Trinajstić information content (AvgIpc) is 3.32. The van der Waals surface area contributed by atoms with E-state index in [0.717, 1.165) is 5.56 Å². The van der Waals surface area contributed by atoms with Crippen LogP contribution in [-0.4, -0.2) is 45.4 Å². The first-order chi connectivity index (χ1) is 15.8. The molecule has 0 bridgehead atoms. The zero-order valence-corrected chi connectivity index (χ0v) is 19.8. The number of hydrogen-bond donors (Lipinski definition) is 1. The van der Waals surface area contributed by atoms with Crippen LogP contribution in [0, 0.1) is 0 Å². The second kappa shape index (κ2) is 11.1. The first-order valence-electron chi connectivity index (χ1n) is 10.0. The van der Waals surface area contributed by atoms with Gasteiger partial charge in [-0.15, -0.1) is 11.3 Å². The number of benzene rings is 2. The van der Waals surface area contributed by atoms with Crippen LogP contribution in [0.1, 0.15) is 22.2 Å². The van der Waals surface area contributed by atoms with Gasteiger partial charge in [-0.1, -0.05) is 18.2 Å². The van der Waals surface area contributed by atoms with Crippen molar-refractivity contribution in [2.75, 3.05) is 25.6 Å². The second-order valence-corrected chi connectivity index (χ2v) is 9.58. The largest absolute Gasteiger partial charge is 0.383 e. The Morgan fingerprint density at radius 1 is 1.03 bits per heavy atom. The molecule has 0 saturated heterocycles. The number of hydrogen-bond acceptors (Lipinski definition) is 7. The summed E-state index contributed by atoms with van der Waals surface area (Å²) in [6.45, 7) is 2.54. The quantitative estimate of drug-likeness (QED) is 0.436. The standard InChI is InChI=1S/C23H24N2O6S2/c1-17(26)24-19-7-11-21(12-8-19)33(28,29)31-20-9-5-18(6-10-20)16-25(13-14-30-2)23(27)22-4-3-15-32-22/h3-12,15H,13-14,16H2,1-2H3,(H,24,26). The summed E-state index contributed by atoms with van der Waals surface area (Å²) in [5.74, 6) is -0.190. The third-order valence-corrected chi connectivity index (χ3v) is 6.67. The van der Waals surface area contributed by atoms with Crippen LogP contribution in [0.25, 0.3) is 0 Å². The maximum absolute atomic E-state index is 12.8. The van der Waals surface area contributed by atoms with Crippen LogP contribution < -0.4 is 9.50 Å². The smallest absolute Gasteiger partial charge is 0.339 e. The van der Waals surface area contributed by atoms with E-state index in [2.05, 4.69) is 5.32 Å². The van der Waals surface area contributed by atoms with Crippen LogP contribution >= 0.6 is 11.3 Å². The predicted octanol–water partition coefficient (Wildman–Crippen LogP) is 3.76. The highest BCUT2D eigenvalue weighted by atomic mass is 32.2. The molecule has 0 fully saturated rings. The molecule has 2 amide bonds. The molecule has 1 heterocycles. The lowest BCUT2D eigenvalue weighted by Crippen LogP contribution is -2.33. The van der Waals surface area contributed by atoms with Crippen molar-refractivity contribution in [2.24, 2.45) is 0 Å². The Bertz CT molecular complexity index is 1170. The Labute approximate surface area is 196 Å². The summed E-state index contributed by atoms with van der Waals surface area (Å²) >= 11 is 1.37. The van der Waals surface area contributed by atoms with Crippen molar-refractivity contribution in [3.8, 4) is 5.75 Å². The maximum Gasteiger partial charge on any atom is 0.339 e. The number of rotatable bonds is 10. The summed E-state index contributed by atoms with van der Waals surface area (Å²) < 4.78 is 35.5. The van der Waals surface area contributed by atoms with E-state index in [1.165, 1.54) is 42.5 Å². The number of carbonyl (C=O) groups is 2. The van der Waals surface area contributed by atoms with E-state index in [1.807, 2.05) is 11.4 Å². The van der Waals surface area contributed by atoms with E-state index in [1.54, 1.807) is 42.3 Å². The molecule has 0 aliphatic heterocycles. The van der Waals surface area contributed by atoms with Crippen LogP contribution in [0.3, 0.4) is 0 Å². The molecule has 0 radical (unpaired) electrons. The van der Waals surface area contributed by atoms with E-state index in [-0.39, 0.29) is 22.5 Å². The van der Waals surface area contributed by atoms with E-state index >= 15 is 0 Å². The summed E-state index contributed by atoms with van der Waals surface area (Å²) in [6.07, 6.45) is 0. The summed E-state index contributed by atoms with van der Waals surface area (Å²) in [6, 6.07) is 15.8. The topological polar surface area (TPSA) is 102 Å². The van der Waals surface area contributed by atoms with Crippen molar-refractivity contribution < 1.29 is 26.9 Å². The number of amides is 2. The number of methoxy groups -OCH3 is 1. The number of nitrogens with one attached hydrogen (secondary N) is 1. The summed E-state index contributed by atoms with van der Waals surface area (Å²) in [5.41, 5.74) is 1.31. The maximum atomic E-state index is 12.8. The molecule has 8 nitrogen and oxygen atoms in total.